The monoisotopic (exact) mass is 414 g/mol. The second-order valence-corrected chi connectivity index (χ2v) is 6.11. The zero-order valence-electron chi connectivity index (χ0n) is 15.5. The number of hydrogen-bond donors (Lipinski definition) is 3. The summed E-state index contributed by atoms with van der Waals surface area (Å²) in [6, 6.07) is 9.66. The van der Waals surface area contributed by atoms with Gasteiger partial charge >= 0.3 is 12.3 Å². The number of amides is 1. The molecule has 0 radical (unpaired) electrons. The van der Waals surface area contributed by atoms with Gasteiger partial charge in [0.1, 0.15) is 18.3 Å². The van der Waals surface area contributed by atoms with Crippen LogP contribution in [-0.2, 0) is 17.5 Å². The van der Waals surface area contributed by atoms with Crippen molar-refractivity contribution < 1.29 is 37.7 Å². The molecule has 1 amide bonds. The molecule has 29 heavy (non-hydrogen) atoms. The molecule has 0 aliphatic carbocycles. The summed E-state index contributed by atoms with van der Waals surface area (Å²) in [5.41, 5.74) is -0.589. The van der Waals surface area contributed by atoms with Crippen molar-refractivity contribution in [3.05, 3.63) is 59.3 Å². The molecule has 0 aliphatic heterocycles. The van der Waals surface area contributed by atoms with Gasteiger partial charge < -0.3 is 25.0 Å². The average molecular weight is 414 g/mol. The fraction of sp³-hybridized carbons (Fsp3) is 0.368. The summed E-state index contributed by atoms with van der Waals surface area (Å²) in [5.74, 6) is -0.634. The van der Waals surface area contributed by atoms with E-state index in [0.717, 1.165) is 18.9 Å². The fourth-order valence-electron chi connectivity index (χ4n) is 2.47. The lowest BCUT2D eigenvalue weighted by Crippen LogP contribution is -2.30. The minimum absolute atomic E-state index is 0.0540. The summed E-state index contributed by atoms with van der Waals surface area (Å²) in [4.78, 5) is 15.2. The third kappa shape index (κ3) is 6.61. The number of nitrogens with one attached hydrogen (secondary N) is 1. The number of ether oxygens (including phenoxy) is 2. The van der Waals surface area contributed by atoms with Crippen molar-refractivity contribution in [2.75, 3.05) is 13.7 Å². The largest absolute Gasteiger partial charge is 0.481 e. The zero-order valence-corrected chi connectivity index (χ0v) is 15.5. The molecule has 0 saturated heterocycles. The average Bonchev–Trinajstić information content (AvgIpc) is 2.71. The highest BCUT2D eigenvalue weighted by atomic mass is 19.4. The van der Waals surface area contributed by atoms with Crippen LogP contribution in [-0.4, -0.2) is 41.0 Å². The van der Waals surface area contributed by atoms with E-state index < -0.39 is 35.9 Å². The molecule has 158 valence electrons. The standard InChI is InChI=1S/C19H21F3N2O5/c1-28-17-14(19(20,21)22)9-13(10-24-17)16(26)15(25)7-8-23-18(27)29-11-12-5-3-2-4-6-12/h2-6,9-10,15-16,25-26H,7-8,11H2,1H3,(H,23,27). The lowest BCUT2D eigenvalue weighted by molar-refractivity contribution is -0.139. The van der Waals surface area contributed by atoms with E-state index >= 15 is 0 Å². The summed E-state index contributed by atoms with van der Waals surface area (Å²) in [7, 11) is 1.05. The molecule has 0 bridgehead atoms. The first-order valence-electron chi connectivity index (χ1n) is 8.64. The minimum Gasteiger partial charge on any atom is -0.481 e. The topological polar surface area (TPSA) is 101 Å². The van der Waals surface area contributed by atoms with Crippen molar-refractivity contribution in [2.24, 2.45) is 0 Å². The summed E-state index contributed by atoms with van der Waals surface area (Å²) >= 11 is 0. The molecule has 0 aliphatic rings. The number of aromatic nitrogens is 1. The Morgan fingerprint density at radius 1 is 1.24 bits per heavy atom. The predicted octanol–water partition coefficient (Wildman–Crippen LogP) is 2.82. The van der Waals surface area contributed by atoms with Crippen LogP contribution in [0.15, 0.2) is 42.6 Å². The number of rotatable bonds is 8. The molecule has 0 fully saturated rings. The molecule has 0 saturated carbocycles. The van der Waals surface area contributed by atoms with Crippen molar-refractivity contribution in [3.8, 4) is 5.88 Å². The number of methoxy groups -OCH3 is 1. The summed E-state index contributed by atoms with van der Waals surface area (Å²) in [6.07, 6.45) is -7.64. The van der Waals surface area contributed by atoms with Crippen molar-refractivity contribution in [1.29, 1.82) is 0 Å². The Hall–Kier alpha value is -2.85. The number of carbonyl (C=O) groups is 1. The van der Waals surface area contributed by atoms with Gasteiger partial charge in [-0.25, -0.2) is 9.78 Å². The van der Waals surface area contributed by atoms with Crippen LogP contribution in [0, 0.1) is 0 Å². The Kier molecular flexibility index (Phi) is 7.80. The number of alkyl halides is 3. The fourth-order valence-corrected chi connectivity index (χ4v) is 2.47. The number of aliphatic hydroxyl groups excluding tert-OH is 2. The van der Waals surface area contributed by atoms with E-state index in [-0.39, 0.29) is 25.1 Å². The number of aliphatic hydroxyl groups is 2. The summed E-state index contributed by atoms with van der Waals surface area (Å²) in [5, 5.41) is 22.5. The number of benzene rings is 1. The smallest absolute Gasteiger partial charge is 0.421 e. The van der Waals surface area contributed by atoms with Crippen LogP contribution < -0.4 is 10.1 Å². The van der Waals surface area contributed by atoms with Gasteiger partial charge in [-0.05, 0) is 18.1 Å². The number of carbonyl (C=O) groups excluding carboxylic acids is 1. The molecule has 10 heteroatoms. The first kappa shape index (κ1) is 22.4. The van der Waals surface area contributed by atoms with E-state index in [1.807, 2.05) is 6.07 Å². The molecule has 1 aromatic heterocycles. The number of halogens is 3. The maximum Gasteiger partial charge on any atom is 0.421 e. The van der Waals surface area contributed by atoms with Gasteiger partial charge in [-0.3, -0.25) is 0 Å². The van der Waals surface area contributed by atoms with Gasteiger partial charge in [0.15, 0.2) is 0 Å². The van der Waals surface area contributed by atoms with E-state index in [1.165, 1.54) is 0 Å². The molecular weight excluding hydrogens is 393 g/mol. The molecule has 3 N–H and O–H groups in total. The number of nitrogens with zero attached hydrogens (tertiary/aromatic N) is 1. The van der Waals surface area contributed by atoms with Crippen molar-refractivity contribution >= 4 is 6.09 Å². The molecule has 1 heterocycles. The molecular formula is C19H21F3N2O5. The molecule has 7 nitrogen and oxygen atoms in total. The maximum absolute atomic E-state index is 13.0. The Balaban J connectivity index is 1.85. The van der Waals surface area contributed by atoms with Crippen LogP contribution in [0.25, 0.3) is 0 Å². The first-order valence-corrected chi connectivity index (χ1v) is 8.64. The number of pyridine rings is 1. The first-order chi connectivity index (χ1) is 13.7. The van der Waals surface area contributed by atoms with Crippen molar-refractivity contribution in [1.82, 2.24) is 10.3 Å². The molecule has 2 atom stereocenters. The van der Waals surface area contributed by atoms with E-state index in [1.54, 1.807) is 24.3 Å². The van der Waals surface area contributed by atoms with E-state index in [9.17, 15) is 28.2 Å². The summed E-state index contributed by atoms with van der Waals surface area (Å²) in [6.45, 7) is 0.0111. The zero-order chi connectivity index (χ0) is 21.4. The highest BCUT2D eigenvalue weighted by molar-refractivity contribution is 5.67. The van der Waals surface area contributed by atoms with Crippen molar-refractivity contribution in [2.45, 2.75) is 31.4 Å². The van der Waals surface area contributed by atoms with Gasteiger partial charge in [0.2, 0.25) is 5.88 Å². The van der Waals surface area contributed by atoms with E-state index in [4.69, 9.17) is 4.74 Å². The van der Waals surface area contributed by atoms with Crippen LogP contribution in [0.4, 0.5) is 18.0 Å². The molecule has 2 rings (SSSR count). The Morgan fingerprint density at radius 2 is 1.93 bits per heavy atom. The molecule has 2 unspecified atom stereocenters. The Morgan fingerprint density at radius 3 is 2.55 bits per heavy atom. The molecule has 2 aromatic rings. The normalized spacial score (nSPS) is 13.4. The van der Waals surface area contributed by atoms with Crippen LogP contribution in [0.5, 0.6) is 5.88 Å². The third-order valence-electron chi connectivity index (χ3n) is 4.00. The lowest BCUT2D eigenvalue weighted by atomic mass is 10.0. The predicted molar refractivity (Wildman–Crippen MR) is 96.0 cm³/mol. The number of alkyl carbamates (subject to hydrolysis) is 1. The van der Waals surface area contributed by atoms with Gasteiger partial charge in [0.05, 0.1) is 13.2 Å². The summed E-state index contributed by atoms with van der Waals surface area (Å²) < 4.78 is 48.7. The van der Waals surface area contributed by atoms with Gasteiger partial charge in [-0.15, -0.1) is 0 Å². The SMILES string of the molecule is COc1ncc(C(O)C(O)CCNC(=O)OCc2ccccc2)cc1C(F)(F)F. The van der Waals surface area contributed by atoms with Crippen LogP contribution in [0.2, 0.25) is 0 Å². The minimum atomic E-state index is -4.73. The lowest BCUT2D eigenvalue weighted by Gasteiger charge is -2.20. The quantitative estimate of drug-likeness (QED) is 0.614. The molecule has 0 spiro atoms. The second kappa shape index (κ2) is 10.1. The third-order valence-corrected chi connectivity index (χ3v) is 4.00. The van der Waals surface area contributed by atoms with Gasteiger partial charge in [-0.2, -0.15) is 13.2 Å². The van der Waals surface area contributed by atoms with Crippen LogP contribution >= 0.6 is 0 Å². The number of hydrogen-bond acceptors (Lipinski definition) is 6. The molecule has 1 aromatic carbocycles. The second-order valence-electron chi connectivity index (χ2n) is 6.11. The maximum atomic E-state index is 13.0. The van der Waals surface area contributed by atoms with Gasteiger partial charge in [0, 0.05) is 18.3 Å². The van der Waals surface area contributed by atoms with Crippen LogP contribution in [0.3, 0.4) is 0 Å². The van der Waals surface area contributed by atoms with Crippen molar-refractivity contribution in [3.63, 3.8) is 0 Å². The van der Waals surface area contributed by atoms with Gasteiger partial charge in [-0.1, -0.05) is 30.3 Å². The van der Waals surface area contributed by atoms with Crippen LogP contribution in [0.1, 0.15) is 29.2 Å². The highest BCUT2D eigenvalue weighted by Crippen LogP contribution is 2.36. The van der Waals surface area contributed by atoms with Gasteiger partial charge in [0.25, 0.3) is 0 Å². The van der Waals surface area contributed by atoms with E-state index in [2.05, 4.69) is 15.0 Å². The van der Waals surface area contributed by atoms with E-state index in [0.29, 0.717) is 6.07 Å². The Labute approximate surface area is 165 Å². The highest BCUT2D eigenvalue weighted by Gasteiger charge is 2.36. The Bertz CT molecular complexity index is 802.